The summed E-state index contributed by atoms with van der Waals surface area (Å²) in [5, 5.41) is 35.5. The molecule has 11 heteroatoms. The SMILES string of the molecule is CCOP(=O)(Cc1ccc2c(C#N)c3ccccc3c(C#N)c2c1)OCC.O=Cc1ccc(N(c2ccccc2)c2cccc3c2CCCC3)cc1.[C-]#[N+]c1c2ccccc2c(C#N)c2ccc(C=Cc3ccc(N(c4ccccc4)c4cccc5c4CCCC5)cc3)cc12. The van der Waals surface area contributed by atoms with Gasteiger partial charge in [0.15, 0.2) is 0 Å². The fraction of sp³-hybridized carbons (Fsp3) is 0.155. The van der Waals surface area contributed by atoms with Crippen molar-refractivity contribution in [2.45, 2.75) is 71.4 Å². The minimum atomic E-state index is -3.26. The van der Waals surface area contributed by atoms with E-state index in [1.54, 1.807) is 19.9 Å². The minimum absolute atomic E-state index is 0.115. The van der Waals surface area contributed by atoms with E-state index in [1.807, 2.05) is 109 Å². The Bertz CT molecular complexity index is 5070. The lowest BCUT2D eigenvalue weighted by atomic mass is 9.90. The van der Waals surface area contributed by atoms with Gasteiger partial charge in [-0.05, 0) is 205 Å². The zero-order valence-electron chi connectivity index (χ0n) is 53.2. The smallest absolute Gasteiger partial charge is 0.310 e. The number of aldehydes is 1. The topological polar surface area (TPSA) is 135 Å². The van der Waals surface area contributed by atoms with Crippen LogP contribution in [0.4, 0.5) is 39.8 Å². The standard InChI is InChI=1S/C40H29N3.C23H21NO.C21H19N2O3P/c1-42-40-36-16-8-7-15-34(36)38(27-41)35-25-22-29(26-37(35)40)19-18-28-20-23-32(24-21-28)43(31-12-3-2-4-13-31)39-17-9-11-30-10-5-6-14-33(30)39;25-17-18-13-15-21(16-14-18)24(20-9-2-1-3-10-20)23-12-6-8-19-7-4-5-11-22(19)23;1-3-25-27(24,26-4-2)14-15-9-10-18-19(11-15)21(13-23)17-8-6-5-7-16(17)20(18)12-22/h2-4,7-9,11-13,15-26H,5-6,10,14H2;1-3,6,8-10,12-17H,4-5,7,11H2;5-11H,3-4,14H2,1-2H3. The van der Waals surface area contributed by atoms with E-state index in [-0.39, 0.29) is 19.4 Å². The molecule has 0 aromatic heterocycles. The normalized spacial score (nSPS) is 12.4. The highest BCUT2D eigenvalue weighted by Gasteiger charge is 2.26. The van der Waals surface area contributed by atoms with Crippen molar-refractivity contribution in [3.63, 3.8) is 0 Å². The van der Waals surface area contributed by atoms with Crippen LogP contribution in [0.3, 0.4) is 0 Å². The molecule has 0 N–H and O–H groups in total. The zero-order valence-corrected chi connectivity index (χ0v) is 54.1. The van der Waals surface area contributed by atoms with Gasteiger partial charge in [0.1, 0.15) is 24.5 Å². The van der Waals surface area contributed by atoms with Gasteiger partial charge >= 0.3 is 7.60 Å². The lowest BCUT2D eigenvalue weighted by Crippen LogP contribution is -2.15. The molecule has 10 nitrogen and oxygen atoms in total. The van der Waals surface area contributed by atoms with Gasteiger partial charge < -0.3 is 18.8 Å². The maximum atomic E-state index is 12.8. The molecule has 0 unspecified atom stereocenters. The minimum Gasteiger partial charge on any atom is -0.310 e. The molecular weight excluding hydrogens is 1190 g/mol. The van der Waals surface area contributed by atoms with Gasteiger partial charge in [0.05, 0.1) is 42.6 Å². The molecule has 0 fully saturated rings. The molecular formula is C84H69N6O4P. The predicted molar refractivity (Wildman–Crippen MR) is 388 cm³/mol. The Morgan fingerprint density at radius 2 is 0.853 bits per heavy atom. The van der Waals surface area contributed by atoms with E-state index in [0.717, 1.165) is 104 Å². The summed E-state index contributed by atoms with van der Waals surface area (Å²) in [5.41, 5.74) is 18.6. The summed E-state index contributed by atoms with van der Waals surface area (Å²) in [6.45, 7) is 12.0. The van der Waals surface area contributed by atoms with Crippen molar-refractivity contribution in [2.24, 2.45) is 0 Å². The molecule has 2 aliphatic rings. The Kier molecular flexibility index (Phi) is 19.9. The fourth-order valence-corrected chi connectivity index (χ4v) is 15.1. The number of rotatable bonds is 15. The molecule has 14 rings (SSSR count). The lowest BCUT2D eigenvalue weighted by Gasteiger charge is -2.30. The van der Waals surface area contributed by atoms with Crippen molar-refractivity contribution >= 4 is 109 Å². The Morgan fingerprint density at radius 1 is 0.442 bits per heavy atom. The molecule has 464 valence electrons. The number of benzene rings is 12. The summed E-state index contributed by atoms with van der Waals surface area (Å²) in [4.78, 5) is 19.6. The summed E-state index contributed by atoms with van der Waals surface area (Å²) >= 11 is 0. The average Bonchev–Trinajstić information content (AvgIpc) is 0.818. The number of hydrogen-bond donors (Lipinski definition) is 0. The van der Waals surface area contributed by atoms with Crippen LogP contribution in [0.1, 0.15) is 106 Å². The summed E-state index contributed by atoms with van der Waals surface area (Å²) in [5.74, 6) is 0. The van der Waals surface area contributed by atoms with Crippen molar-refractivity contribution < 1.29 is 18.4 Å². The van der Waals surface area contributed by atoms with Gasteiger partial charge in [0, 0.05) is 61.2 Å². The molecule has 2 aliphatic carbocycles. The first-order chi connectivity index (χ1) is 46.7. The number of nitrogens with zero attached hydrogens (tertiary/aromatic N) is 6. The van der Waals surface area contributed by atoms with Gasteiger partial charge in [0.2, 0.25) is 5.69 Å². The number of carbonyl (C=O) groups excluding carboxylic acids is 1. The molecule has 12 aromatic carbocycles. The van der Waals surface area contributed by atoms with Crippen LogP contribution < -0.4 is 9.80 Å². The Labute approximate surface area is 555 Å². The zero-order chi connectivity index (χ0) is 65.7. The Balaban J connectivity index is 0.000000144. The van der Waals surface area contributed by atoms with Gasteiger partial charge in [-0.15, -0.1) is 0 Å². The molecule has 0 aliphatic heterocycles. The number of para-hydroxylation sites is 2. The number of aryl methyl sites for hydroxylation is 2. The third-order valence-corrected chi connectivity index (χ3v) is 19.8. The van der Waals surface area contributed by atoms with Crippen molar-refractivity contribution in [2.75, 3.05) is 23.0 Å². The molecule has 0 saturated heterocycles. The van der Waals surface area contributed by atoms with Crippen LogP contribution in [0, 0.1) is 40.6 Å². The quantitative estimate of drug-likeness (QED) is 0.0323. The number of hydrogen-bond acceptors (Lipinski definition) is 9. The second kappa shape index (κ2) is 29.6. The first kappa shape index (κ1) is 63.9. The molecule has 95 heavy (non-hydrogen) atoms. The number of fused-ring (bicyclic) bond motifs is 6. The van der Waals surface area contributed by atoms with E-state index in [0.29, 0.717) is 38.7 Å². The third-order valence-electron chi connectivity index (χ3n) is 17.7. The predicted octanol–water partition coefficient (Wildman–Crippen LogP) is 22.3. The van der Waals surface area contributed by atoms with Crippen LogP contribution >= 0.6 is 7.60 Å². The van der Waals surface area contributed by atoms with Crippen LogP contribution in [0.15, 0.2) is 231 Å². The molecule has 0 atom stereocenters. The summed E-state index contributed by atoms with van der Waals surface area (Å²) in [6.07, 6.45) is 14.7. The molecule has 0 saturated carbocycles. The second-order valence-corrected chi connectivity index (χ2v) is 25.6. The summed E-state index contributed by atoms with van der Waals surface area (Å²) < 4.78 is 23.6. The Hall–Kier alpha value is -11.2. The molecule has 0 heterocycles. The van der Waals surface area contributed by atoms with E-state index in [2.05, 4.69) is 160 Å². The number of anilines is 6. The number of carbonyl (C=O) groups is 1. The highest BCUT2D eigenvalue weighted by Crippen LogP contribution is 2.52. The average molecular weight is 1260 g/mol. The molecule has 0 bridgehead atoms. The monoisotopic (exact) mass is 1260 g/mol. The van der Waals surface area contributed by atoms with Crippen LogP contribution in [0.5, 0.6) is 0 Å². The maximum absolute atomic E-state index is 12.8. The van der Waals surface area contributed by atoms with Crippen molar-refractivity contribution in [3.8, 4) is 18.2 Å². The Morgan fingerprint density at radius 3 is 1.35 bits per heavy atom. The van der Waals surface area contributed by atoms with Gasteiger partial charge in [-0.2, -0.15) is 15.8 Å². The van der Waals surface area contributed by atoms with Crippen molar-refractivity contribution in [1.82, 2.24) is 0 Å². The van der Waals surface area contributed by atoms with Crippen LogP contribution in [-0.2, 0) is 45.5 Å². The molecule has 0 amide bonds. The van der Waals surface area contributed by atoms with E-state index in [1.165, 1.54) is 59.3 Å². The lowest BCUT2D eigenvalue weighted by molar-refractivity contribution is 0.112. The van der Waals surface area contributed by atoms with Crippen molar-refractivity contribution in [3.05, 3.63) is 303 Å². The van der Waals surface area contributed by atoms with Gasteiger partial charge in [-0.25, -0.2) is 4.85 Å². The highest BCUT2D eigenvalue weighted by atomic mass is 31.2. The van der Waals surface area contributed by atoms with E-state index >= 15 is 0 Å². The highest BCUT2D eigenvalue weighted by molar-refractivity contribution is 7.53. The van der Waals surface area contributed by atoms with E-state index in [4.69, 9.17) is 15.6 Å². The van der Waals surface area contributed by atoms with E-state index < -0.39 is 7.60 Å². The first-order valence-electron chi connectivity index (χ1n) is 32.4. The largest absolute Gasteiger partial charge is 0.335 e. The third kappa shape index (κ3) is 13.7. The van der Waals surface area contributed by atoms with Crippen molar-refractivity contribution in [1.29, 1.82) is 15.8 Å². The molecule has 0 spiro atoms. The van der Waals surface area contributed by atoms with Crippen LogP contribution in [0.2, 0.25) is 0 Å². The molecule has 0 radical (unpaired) electrons. The van der Waals surface area contributed by atoms with Crippen LogP contribution in [0.25, 0.3) is 60.1 Å². The van der Waals surface area contributed by atoms with Gasteiger partial charge in [-0.1, -0.05) is 164 Å². The second-order valence-electron chi connectivity index (χ2n) is 23.5. The fourth-order valence-electron chi connectivity index (χ4n) is 13.4. The molecule has 12 aromatic rings. The van der Waals surface area contributed by atoms with E-state index in [9.17, 15) is 25.1 Å². The van der Waals surface area contributed by atoms with Gasteiger partial charge in [0.25, 0.3) is 0 Å². The van der Waals surface area contributed by atoms with Crippen LogP contribution in [-0.4, -0.2) is 19.5 Å². The summed E-state index contributed by atoms with van der Waals surface area (Å²) in [6, 6.07) is 84.3. The first-order valence-corrected chi connectivity index (χ1v) is 34.1. The summed E-state index contributed by atoms with van der Waals surface area (Å²) in [7, 11) is -3.26. The van der Waals surface area contributed by atoms with Gasteiger partial charge in [-0.3, -0.25) is 9.36 Å². The maximum Gasteiger partial charge on any atom is 0.335 e. The number of nitriles is 3.